The van der Waals surface area contributed by atoms with E-state index in [2.05, 4.69) is 40.8 Å². The number of benzene rings is 2. The number of aryl methyl sites for hydroxylation is 2. The first-order valence-corrected chi connectivity index (χ1v) is 18.1. The molecule has 3 aliphatic rings. The molecule has 0 saturated heterocycles. The fraction of sp³-hybridized carbons (Fsp3) is 0.500. The number of aromatic nitrogens is 2. The van der Waals surface area contributed by atoms with Crippen LogP contribution in [-0.2, 0) is 14.8 Å². The predicted molar refractivity (Wildman–Crippen MR) is 182 cm³/mol. The number of fused-ring (bicyclic) bond motifs is 4. The molecule has 48 heavy (non-hydrogen) atoms. The predicted octanol–water partition coefficient (Wildman–Crippen LogP) is 6.26. The van der Waals surface area contributed by atoms with Crippen molar-refractivity contribution in [3.05, 3.63) is 65.2 Å². The van der Waals surface area contributed by atoms with E-state index in [1.165, 1.54) is 12.1 Å². The number of hydrogen-bond donors (Lipinski definition) is 2. The van der Waals surface area contributed by atoms with E-state index in [4.69, 9.17) is 9.47 Å². The van der Waals surface area contributed by atoms with Crippen molar-refractivity contribution in [2.75, 3.05) is 17.9 Å². The first-order chi connectivity index (χ1) is 22.6. The molecule has 4 bridgehead atoms. The number of nitrogens with zero attached hydrogens (tertiary/aromatic N) is 3. The SMILES string of the molecule is CCOC(=O)NC1CC2(C1)CC(N1C(=O)c3cccc(c3)S(=O)(=O)Nc3nc(cc(-c4c(C)cccc4C)n3)OC[C@H]1CC(C)(C)C)C2. The Hall–Kier alpha value is -4.19. The topological polar surface area (TPSA) is 140 Å². The summed E-state index contributed by atoms with van der Waals surface area (Å²) < 4.78 is 41.4. The molecule has 6 rings (SSSR count). The van der Waals surface area contributed by atoms with Gasteiger partial charge in [0.2, 0.25) is 11.8 Å². The Labute approximate surface area is 282 Å². The van der Waals surface area contributed by atoms with E-state index in [-0.39, 0.29) is 63.8 Å². The molecular weight excluding hydrogens is 630 g/mol. The molecule has 3 aromatic rings. The third kappa shape index (κ3) is 6.99. The number of anilines is 1. The minimum Gasteiger partial charge on any atom is -0.475 e. The maximum Gasteiger partial charge on any atom is 0.407 e. The lowest BCUT2D eigenvalue weighted by atomic mass is 9.51. The number of alkyl carbamates (subject to hydrolysis) is 1. The Morgan fingerprint density at radius 1 is 1.06 bits per heavy atom. The highest BCUT2D eigenvalue weighted by atomic mass is 32.2. The van der Waals surface area contributed by atoms with Crippen molar-refractivity contribution in [2.45, 2.75) is 96.7 Å². The molecule has 0 radical (unpaired) electrons. The normalized spacial score (nSPS) is 24.8. The molecule has 2 aliphatic carbocycles. The molecule has 2 heterocycles. The number of sulfonamides is 1. The summed E-state index contributed by atoms with van der Waals surface area (Å²) in [7, 11) is -4.15. The molecule has 1 atom stereocenters. The zero-order valence-corrected chi connectivity index (χ0v) is 29.3. The molecule has 2 fully saturated rings. The van der Waals surface area contributed by atoms with Gasteiger partial charge in [0.05, 0.1) is 23.2 Å². The smallest absolute Gasteiger partial charge is 0.407 e. The number of carbonyl (C=O) groups excluding carboxylic acids is 2. The molecule has 1 aromatic heterocycles. The minimum atomic E-state index is -4.15. The summed E-state index contributed by atoms with van der Waals surface area (Å²) in [4.78, 5) is 37.5. The first-order valence-electron chi connectivity index (χ1n) is 16.6. The quantitative estimate of drug-likeness (QED) is 0.323. The number of carbonyl (C=O) groups is 2. The summed E-state index contributed by atoms with van der Waals surface area (Å²) in [5, 5.41) is 2.94. The van der Waals surface area contributed by atoms with Crippen molar-refractivity contribution < 1.29 is 27.5 Å². The maximum atomic E-state index is 14.5. The fourth-order valence-corrected chi connectivity index (χ4v) is 8.66. The standard InChI is InChI=1S/C36H45N5O6S/c1-7-46-34(43)37-25-16-36(17-25)19-26(20-36)41-27(18-35(4,5)6)21-47-30-15-29(31-22(2)10-8-11-23(31)3)38-33(39-30)40-48(44,45)28-13-9-12-24(14-28)32(41)42/h8-15,25-27H,7,16-21H2,1-6H3,(H,37,43)(H,38,39,40)/t25?,26?,27-,36?/m1/s1. The van der Waals surface area contributed by atoms with E-state index in [0.717, 1.165) is 42.4 Å². The number of rotatable bonds is 5. The van der Waals surface area contributed by atoms with Crippen LogP contribution in [0.5, 0.6) is 5.88 Å². The van der Waals surface area contributed by atoms with Crippen LogP contribution in [0.4, 0.5) is 10.7 Å². The van der Waals surface area contributed by atoms with Gasteiger partial charge >= 0.3 is 6.09 Å². The minimum absolute atomic E-state index is 0.0420. The van der Waals surface area contributed by atoms with Crippen LogP contribution in [0.15, 0.2) is 53.4 Å². The molecule has 2 amide bonds. The van der Waals surface area contributed by atoms with Crippen LogP contribution < -0.4 is 14.8 Å². The molecule has 2 aromatic carbocycles. The summed E-state index contributed by atoms with van der Waals surface area (Å²) in [5.41, 5.74) is 3.55. The number of amides is 2. The fourth-order valence-electron chi connectivity index (χ4n) is 7.67. The van der Waals surface area contributed by atoms with E-state index < -0.39 is 16.1 Å². The van der Waals surface area contributed by atoms with Gasteiger partial charge in [-0.1, -0.05) is 45.0 Å². The summed E-state index contributed by atoms with van der Waals surface area (Å²) in [6.07, 6.45) is 3.47. The van der Waals surface area contributed by atoms with E-state index in [1.54, 1.807) is 25.1 Å². The highest BCUT2D eigenvalue weighted by Crippen LogP contribution is 2.58. The second kappa shape index (κ2) is 12.7. The molecule has 11 nitrogen and oxygen atoms in total. The van der Waals surface area contributed by atoms with Crippen LogP contribution in [0.3, 0.4) is 0 Å². The molecule has 2 saturated carbocycles. The van der Waals surface area contributed by atoms with Gasteiger partial charge in [-0.3, -0.25) is 4.79 Å². The number of nitrogens with one attached hydrogen (secondary N) is 2. The van der Waals surface area contributed by atoms with E-state index in [0.29, 0.717) is 18.7 Å². The average Bonchev–Trinajstić information content (AvgIpc) is 2.96. The molecule has 256 valence electrons. The van der Waals surface area contributed by atoms with E-state index in [1.807, 2.05) is 36.9 Å². The highest BCUT2D eigenvalue weighted by Gasteiger charge is 2.56. The van der Waals surface area contributed by atoms with Crippen LogP contribution in [0.2, 0.25) is 0 Å². The van der Waals surface area contributed by atoms with Gasteiger partial charge in [-0.15, -0.1) is 0 Å². The molecular formula is C36H45N5O6S. The first kappa shape index (κ1) is 33.7. The molecule has 12 heteroatoms. The van der Waals surface area contributed by atoms with Gasteiger partial charge < -0.3 is 19.7 Å². The zero-order chi connectivity index (χ0) is 34.4. The third-order valence-electron chi connectivity index (χ3n) is 9.64. The Kier molecular flexibility index (Phi) is 8.91. The Morgan fingerprint density at radius 3 is 2.42 bits per heavy atom. The van der Waals surface area contributed by atoms with Crippen molar-refractivity contribution in [1.29, 1.82) is 0 Å². The van der Waals surface area contributed by atoms with Gasteiger partial charge in [-0.25, -0.2) is 22.9 Å². The largest absolute Gasteiger partial charge is 0.475 e. The average molecular weight is 676 g/mol. The van der Waals surface area contributed by atoms with Crippen LogP contribution in [0.25, 0.3) is 11.3 Å². The molecule has 1 spiro atoms. The maximum absolute atomic E-state index is 14.5. The lowest BCUT2D eigenvalue weighted by Crippen LogP contribution is -2.64. The summed E-state index contributed by atoms with van der Waals surface area (Å²) >= 11 is 0. The summed E-state index contributed by atoms with van der Waals surface area (Å²) in [5.74, 6) is -0.129. The lowest BCUT2D eigenvalue weighted by Gasteiger charge is -2.60. The Bertz CT molecular complexity index is 1800. The van der Waals surface area contributed by atoms with Gasteiger partial charge in [0, 0.05) is 29.3 Å². The van der Waals surface area contributed by atoms with Crippen molar-refractivity contribution in [1.82, 2.24) is 20.2 Å². The molecule has 2 N–H and O–H groups in total. The van der Waals surface area contributed by atoms with Crippen LogP contribution in [0, 0.1) is 24.7 Å². The van der Waals surface area contributed by atoms with Crippen molar-refractivity contribution in [3.8, 4) is 17.1 Å². The van der Waals surface area contributed by atoms with Gasteiger partial charge in [0.25, 0.3) is 15.9 Å². The highest BCUT2D eigenvalue weighted by molar-refractivity contribution is 7.92. The van der Waals surface area contributed by atoms with E-state index in [9.17, 15) is 18.0 Å². The molecule has 1 aliphatic heterocycles. The third-order valence-corrected chi connectivity index (χ3v) is 11.0. The second-order valence-electron chi connectivity index (χ2n) is 14.8. The van der Waals surface area contributed by atoms with Gasteiger partial charge in [-0.2, -0.15) is 4.98 Å². The second-order valence-corrected chi connectivity index (χ2v) is 16.5. The van der Waals surface area contributed by atoms with Crippen LogP contribution in [0.1, 0.15) is 81.3 Å². The Balaban J connectivity index is 1.38. The van der Waals surface area contributed by atoms with E-state index >= 15 is 0 Å². The molecule has 0 unspecified atom stereocenters. The van der Waals surface area contributed by atoms with Gasteiger partial charge in [0.1, 0.15) is 6.61 Å². The van der Waals surface area contributed by atoms with Crippen LogP contribution in [-0.4, -0.2) is 66.6 Å². The zero-order valence-electron chi connectivity index (χ0n) is 28.5. The van der Waals surface area contributed by atoms with Crippen molar-refractivity contribution in [2.24, 2.45) is 10.8 Å². The van der Waals surface area contributed by atoms with Crippen molar-refractivity contribution >= 4 is 28.0 Å². The Morgan fingerprint density at radius 2 is 1.75 bits per heavy atom. The van der Waals surface area contributed by atoms with Crippen LogP contribution >= 0.6 is 0 Å². The van der Waals surface area contributed by atoms with Crippen molar-refractivity contribution in [3.63, 3.8) is 0 Å². The lowest BCUT2D eigenvalue weighted by molar-refractivity contribution is -0.0790. The summed E-state index contributed by atoms with van der Waals surface area (Å²) in [6.45, 7) is 12.6. The number of ether oxygens (including phenoxy) is 2. The monoisotopic (exact) mass is 675 g/mol. The number of hydrogen-bond acceptors (Lipinski definition) is 8. The van der Waals surface area contributed by atoms with Gasteiger partial charge in [-0.05, 0) is 93.0 Å². The summed E-state index contributed by atoms with van der Waals surface area (Å²) in [6, 6.07) is 13.5. The van der Waals surface area contributed by atoms with Gasteiger partial charge in [0.15, 0.2) is 0 Å².